The molecule has 1 rings (SSSR count). The molecule has 1 aliphatic carbocycles. The minimum atomic E-state index is -0.295. The van der Waals surface area contributed by atoms with Gasteiger partial charge in [0.1, 0.15) is 6.10 Å². The molecule has 0 fully saturated rings. The van der Waals surface area contributed by atoms with Gasteiger partial charge in [0.2, 0.25) is 0 Å². The van der Waals surface area contributed by atoms with Gasteiger partial charge in [-0.2, -0.15) is 0 Å². The molecule has 1 aliphatic rings. The number of aliphatic hydroxyl groups excluding tert-OH is 1. The van der Waals surface area contributed by atoms with E-state index in [-0.39, 0.29) is 12.2 Å². The number of ether oxygens (including phenoxy) is 1. The Hall–Kier alpha value is 0.390. The van der Waals surface area contributed by atoms with E-state index >= 15 is 0 Å². The zero-order valence-electron chi connectivity index (χ0n) is 7.29. The van der Waals surface area contributed by atoms with Crippen LogP contribution in [-0.4, -0.2) is 28.3 Å². The Morgan fingerprint density at radius 1 is 1.75 bits per heavy atom. The van der Waals surface area contributed by atoms with Crippen molar-refractivity contribution < 1.29 is 9.84 Å². The number of allylic oxidation sites excluding steroid dienone is 1. The third-order valence-corrected chi connectivity index (χ3v) is 3.05. The van der Waals surface area contributed by atoms with Crippen LogP contribution in [0.1, 0.15) is 19.8 Å². The lowest BCUT2D eigenvalue weighted by Gasteiger charge is -2.25. The minimum absolute atomic E-state index is 0.0616. The van der Waals surface area contributed by atoms with E-state index < -0.39 is 0 Å². The van der Waals surface area contributed by atoms with Gasteiger partial charge in [0.05, 0.1) is 6.10 Å². The van der Waals surface area contributed by atoms with Crippen LogP contribution in [-0.2, 0) is 4.74 Å². The highest BCUT2D eigenvalue weighted by Gasteiger charge is 2.22. The first kappa shape index (κ1) is 10.5. The molecule has 2 nitrogen and oxygen atoms in total. The Balaban J connectivity index is 2.55. The van der Waals surface area contributed by atoms with Crippen molar-refractivity contribution in [1.29, 1.82) is 0 Å². The highest BCUT2D eigenvalue weighted by atomic mass is 127. The number of alkyl halides is 1. The first-order valence-corrected chi connectivity index (χ1v) is 5.85. The molecule has 0 radical (unpaired) electrons. The number of halogens is 1. The second-order valence-electron chi connectivity index (χ2n) is 2.98. The molecule has 2 atom stereocenters. The maximum absolute atomic E-state index is 9.54. The molecule has 2 unspecified atom stereocenters. The number of aliphatic hydroxyl groups is 1. The van der Waals surface area contributed by atoms with Crippen LogP contribution in [0.4, 0.5) is 0 Å². The summed E-state index contributed by atoms with van der Waals surface area (Å²) >= 11 is 2.35. The van der Waals surface area contributed by atoms with Crippen molar-refractivity contribution in [1.82, 2.24) is 0 Å². The molecule has 0 aromatic rings. The zero-order valence-corrected chi connectivity index (χ0v) is 9.45. The van der Waals surface area contributed by atoms with Crippen LogP contribution in [0.25, 0.3) is 0 Å². The average Bonchev–Trinajstić information content (AvgIpc) is 2.09. The largest absolute Gasteiger partial charge is 0.390 e. The van der Waals surface area contributed by atoms with Crippen LogP contribution < -0.4 is 0 Å². The normalized spacial score (nSPS) is 30.1. The smallest absolute Gasteiger partial charge is 0.102 e. The molecule has 0 saturated heterocycles. The lowest BCUT2D eigenvalue weighted by Crippen LogP contribution is -2.30. The summed E-state index contributed by atoms with van der Waals surface area (Å²) in [6.45, 7) is 2.63. The van der Waals surface area contributed by atoms with Gasteiger partial charge in [0.25, 0.3) is 0 Å². The van der Waals surface area contributed by atoms with E-state index in [4.69, 9.17) is 4.74 Å². The molecule has 0 aromatic carbocycles. The topological polar surface area (TPSA) is 29.5 Å². The molecule has 0 aliphatic heterocycles. The van der Waals surface area contributed by atoms with Gasteiger partial charge >= 0.3 is 0 Å². The van der Waals surface area contributed by atoms with Crippen LogP contribution in [0, 0.1) is 0 Å². The molecule has 70 valence electrons. The van der Waals surface area contributed by atoms with Crippen molar-refractivity contribution in [3.63, 3.8) is 0 Å². The van der Waals surface area contributed by atoms with Crippen LogP contribution in [0.5, 0.6) is 0 Å². The summed E-state index contributed by atoms with van der Waals surface area (Å²) in [6, 6.07) is 0. The number of rotatable bonds is 3. The molecule has 0 aromatic heterocycles. The molecule has 1 N–H and O–H groups in total. The van der Waals surface area contributed by atoms with Crippen molar-refractivity contribution in [2.75, 3.05) is 11.0 Å². The lowest BCUT2D eigenvalue weighted by atomic mass is 9.96. The fourth-order valence-corrected chi connectivity index (χ4v) is 2.02. The van der Waals surface area contributed by atoms with E-state index in [0.717, 1.165) is 17.3 Å². The van der Waals surface area contributed by atoms with Crippen molar-refractivity contribution in [2.45, 2.75) is 32.0 Å². The van der Waals surface area contributed by atoms with Crippen LogP contribution in [0.3, 0.4) is 0 Å². The average molecular weight is 282 g/mol. The Labute approximate surface area is 87.1 Å². The van der Waals surface area contributed by atoms with E-state index in [1.807, 2.05) is 6.92 Å². The third-order valence-electron chi connectivity index (χ3n) is 2.07. The summed E-state index contributed by atoms with van der Waals surface area (Å²) in [5.41, 5.74) is 1.40. The first-order valence-electron chi connectivity index (χ1n) is 4.33. The fourth-order valence-electron chi connectivity index (χ4n) is 1.39. The maximum Gasteiger partial charge on any atom is 0.102 e. The fraction of sp³-hybridized carbons (Fsp3) is 0.778. The van der Waals surface area contributed by atoms with E-state index in [1.54, 1.807) is 0 Å². The Bertz CT molecular complexity index is 168. The van der Waals surface area contributed by atoms with Gasteiger partial charge in [-0.3, -0.25) is 0 Å². The summed E-state index contributed by atoms with van der Waals surface area (Å²) in [6.07, 6.45) is 3.59. The van der Waals surface area contributed by atoms with Crippen LogP contribution in [0.15, 0.2) is 11.6 Å². The van der Waals surface area contributed by atoms with Gasteiger partial charge in [0, 0.05) is 11.0 Å². The Kier molecular flexibility index (Phi) is 4.53. The van der Waals surface area contributed by atoms with Crippen molar-refractivity contribution in [3.8, 4) is 0 Å². The summed E-state index contributed by atoms with van der Waals surface area (Å²) in [5.74, 6) is 0. The molecule has 0 amide bonds. The maximum atomic E-state index is 9.54. The first-order chi connectivity index (χ1) is 5.77. The summed E-state index contributed by atoms with van der Waals surface area (Å²) in [7, 11) is 0. The van der Waals surface area contributed by atoms with Gasteiger partial charge in [-0.15, -0.1) is 0 Å². The second-order valence-corrected chi connectivity index (χ2v) is 3.75. The standard InChI is InChI=1S/C9H15IO2/c1-2-12-9-5-7(6-10)3-4-8(9)11/h5,8-9,11H,2-4,6H2,1H3. The van der Waals surface area contributed by atoms with Crippen molar-refractivity contribution in [3.05, 3.63) is 11.6 Å². The van der Waals surface area contributed by atoms with Crippen LogP contribution >= 0.6 is 22.6 Å². The lowest BCUT2D eigenvalue weighted by molar-refractivity contribution is -0.0128. The van der Waals surface area contributed by atoms with Crippen molar-refractivity contribution in [2.24, 2.45) is 0 Å². The van der Waals surface area contributed by atoms with Gasteiger partial charge in [0.15, 0.2) is 0 Å². The second kappa shape index (κ2) is 5.19. The van der Waals surface area contributed by atoms with E-state index in [9.17, 15) is 5.11 Å². The predicted molar refractivity (Wildman–Crippen MR) is 57.6 cm³/mol. The number of hydrogen-bond acceptors (Lipinski definition) is 2. The highest BCUT2D eigenvalue weighted by Crippen LogP contribution is 2.22. The predicted octanol–water partition coefficient (Wildman–Crippen LogP) is 1.91. The minimum Gasteiger partial charge on any atom is -0.390 e. The number of hydrogen-bond donors (Lipinski definition) is 1. The molecular formula is C9H15IO2. The SMILES string of the molecule is CCOC1C=C(CI)CCC1O. The van der Waals surface area contributed by atoms with E-state index in [2.05, 4.69) is 28.7 Å². The van der Waals surface area contributed by atoms with E-state index in [0.29, 0.717) is 6.61 Å². The highest BCUT2D eigenvalue weighted by molar-refractivity contribution is 14.1. The molecular weight excluding hydrogens is 267 g/mol. The Morgan fingerprint density at radius 2 is 2.50 bits per heavy atom. The Morgan fingerprint density at radius 3 is 3.08 bits per heavy atom. The molecule has 0 spiro atoms. The molecule has 0 saturated carbocycles. The quantitative estimate of drug-likeness (QED) is 0.487. The molecule has 0 bridgehead atoms. The summed E-state index contributed by atoms with van der Waals surface area (Å²) in [5, 5.41) is 9.54. The van der Waals surface area contributed by atoms with Gasteiger partial charge < -0.3 is 9.84 Å². The third kappa shape index (κ3) is 2.71. The van der Waals surface area contributed by atoms with Gasteiger partial charge in [-0.1, -0.05) is 34.2 Å². The monoisotopic (exact) mass is 282 g/mol. The van der Waals surface area contributed by atoms with E-state index in [1.165, 1.54) is 5.57 Å². The molecule has 12 heavy (non-hydrogen) atoms. The summed E-state index contributed by atoms with van der Waals surface area (Å²) < 4.78 is 6.45. The van der Waals surface area contributed by atoms with Gasteiger partial charge in [-0.25, -0.2) is 0 Å². The molecule has 3 heteroatoms. The van der Waals surface area contributed by atoms with Crippen LogP contribution in [0.2, 0.25) is 0 Å². The van der Waals surface area contributed by atoms with Gasteiger partial charge in [-0.05, 0) is 19.8 Å². The molecule has 0 heterocycles. The van der Waals surface area contributed by atoms with Crippen molar-refractivity contribution >= 4 is 22.6 Å². The zero-order chi connectivity index (χ0) is 8.97. The summed E-state index contributed by atoms with van der Waals surface area (Å²) in [4.78, 5) is 0.